The third-order valence-electron chi connectivity index (χ3n) is 4.91. The molecular weight excluding hydrogens is 358 g/mol. The number of hydrogen-bond donors (Lipinski definition) is 1. The van der Waals surface area contributed by atoms with Crippen LogP contribution in [-0.2, 0) is 12.8 Å². The lowest BCUT2D eigenvalue weighted by atomic mass is 9.97. The van der Waals surface area contributed by atoms with Crippen molar-refractivity contribution in [3.05, 3.63) is 82.1 Å². The Balaban J connectivity index is 1.40. The van der Waals surface area contributed by atoms with Crippen LogP contribution in [0.2, 0.25) is 0 Å². The van der Waals surface area contributed by atoms with Gasteiger partial charge < -0.3 is 10.0 Å². The molecule has 6 heteroatoms. The molecule has 3 heterocycles. The van der Waals surface area contributed by atoms with Gasteiger partial charge in [0.2, 0.25) is 0 Å². The summed E-state index contributed by atoms with van der Waals surface area (Å²) in [7, 11) is 0. The molecule has 1 aromatic carbocycles. The first-order valence-corrected chi connectivity index (χ1v) is 9.91. The van der Waals surface area contributed by atoms with E-state index in [1.165, 1.54) is 16.9 Å². The van der Waals surface area contributed by atoms with E-state index >= 15 is 0 Å². The first-order chi connectivity index (χ1) is 13.2. The summed E-state index contributed by atoms with van der Waals surface area (Å²) in [6, 6.07) is 14.0. The van der Waals surface area contributed by atoms with E-state index in [1.54, 1.807) is 17.3 Å². The van der Waals surface area contributed by atoms with Gasteiger partial charge in [-0.05, 0) is 29.7 Å². The molecule has 0 saturated carbocycles. The molecule has 5 nitrogen and oxygen atoms in total. The maximum absolute atomic E-state index is 12.8. The molecule has 27 heavy (non-hydrogen) atoms. The van der Waals surface area contributed by atoms with Crippen molar-refractivity contribution in [2.45, 2.75) is 18.9 Å². The smallest absolute Gasteiger partial charge is 0.273 e. The summed E-state index contributed by atoms with van der Waals surface area (Å²) in [6.45, 7) is 0.911. The fraction of sp³-hybridized carbons (Fsp3) is 0.286. The van der Waals surface area contributed by atoms with Gasteiger partial charge in [0.05, 0.1) is 11.1 Å². The van der Waals surface area contributed by atoms with Crippen LogP contribution in [0.25, 0.3) is 0 Å². The van der Waals surface area contributed by atoms with Crippen molar-refractivity contribution in [1.29, 1.82) is 0 Å². The lowest BCUT2D eigenvalue weighted by Crippen LogP contribution is -2.29. The van der Waals surface area contributed by atoms with Crippen LogP contribution < -0.4 is 0 Å². The fourth-order valence-electron chi connectivity index (χ4n) is 3.46. The molecule has 1 aliphatic rings. The van der Waals surface area contributed by atoms with Crippen molar-refractivity contribution >= 4 is 17.2 Å². The predicted molar refractivity (Wildman–Crippen MR) is 105 cm³/mol. The van der Waals surface area contributed by atoms with Crippen molar-refractivity contribution in [3.63, 3.8) is 0 Å². The average molecular weight is 379 g/mol. The number of carbonyl (C=O) groups excluding carboxylic acids is 1. The van der Waals surface area contributed by atoms with Crippen LogP contribution in [0, 0.1) is 5.92 Å². The maximum Gasteiger partial charge on any atom is 0.273 e. The van der Waals surface area contributed by atoms with Crippen molar-refractivity contribution < 1.29 is 9.90 Å². The summed E-state index contributed by atoms with van der Waals surface area (Å²) in [5, 5.41) is 13.1. The second-order valence-corrected chi connectivity index (χ2v) is 7.83. The third-order valence-corrected chi connectivity index (χ3v) is 5.76. The Hall–Kier alpha value is -2.57. The molecular formula is C21H21N3O2S. The molecule has 0 bridgehead atoms. The fourth-order valence-corrected chi connectivity index (χ4v) is 4.27. The molecule has 0 radical (unpaired) electrons. The van der Waals surface area contributed by atoms with E-state index < -0.39 is 6.10 Å². The Morgan fingerprint density at radius 1 is 1.11 bits per heavy atom. The van der Waals surface area contributed by atoms with Crippen LogP contribution in [0.1, 0.15) is 26.6 Å². The van der Waals surface area contributed by atoms with Gasteiger partial charge in [-0.3, -0.25) is 9.78 Å². The van der Waals surface area contributed by atoms with Crippen LogP contribution in [0.5, 0.6) is 0 Å². The highest BCUT2D eigenvalue weighted by Crippen LogP contribution is 2.24. The highest BCUT2D eigenvalue weighted by atomic mass is 32.1. The van der Waals surface area contributed by atoms with Crippen LogP contribution >= 0.6 is 11.3 Å². The largest absolute Gasteiger partial charge is 0.391 e. The van der Waals surface area contributed by atoms with Gasteiger partial charge >= 0.3 is 0 Å². The Morgan fingerprint density at radius 3 is 2.67 bits per heavy atom. The Bertz CT molecular complexity index is 898. The zero-order valence-corrected chi connectivity index (χ0v) is 15.7. The summed E-state index contributed by atoms with van der Waals surface area (Å²) >= 11 is 1.51. The Kier molecular flexibility index (Phi) is 5.27. The molecule has 2 atom stereocenters. The molecule has 3 aromatic rings. The standard InChI is InChI=1S/C21H21N3O2S/c25-19-13-24(12-17(19)10-16-6-8-22-9-7-16)21(26)18-14-27-20(23-18)11-15-4-2-1-3-5-15/h1-9,14,17,19,25H,10-13H2/t17-,19-/m1/s1. The van der Waals surface area contributed by atoms with E-state index in [4.69, 9.17) is 0 Å². The van der Waals surface area contributed by atoms with Crippen LogP contribution in [-0.4, -0.2) is 45.1 Å². The number of nitrogens with zero attached hydrogens (tertiary/aromatic N) is 3. The first-order valence-electron chi connectivity index (χ1n) is 9.03. The monoisotopic (exact) mass is 379 g/mol. The number of aliphatic hydroxyl groups excluding tert-OH is 1. The van der Waals surface area contributed by atoms with Gasteiger partial charge in [-0.15, -0.1) is 11.3 Å². The number of hydrogen-bond acceptors (Lipinski definition) is 5. The van der Waals surface area contributed by atoms with Gasteiger partial charge in [-0.2, -0.15) is 0 Å². The number of rotatable bonds is 5. The van der Waals surface area contributed by atoms with Gasteiger partial charge in [-0.25, -0.2) is 4.98 Å². The topological polar surface area (TPSA) is 66.3 Å². The van der Waals surface area contributed by atoms with Crippen LogP contribution in [0.4, 0.5) is 0 Å². The van der Waals surface area contributed by atoms with Gasteiger partial charge in [0.1, 0.15) is 5.69 Å². The molecule has 1 aliphatic heterocycles. The zero-order valence-electron chi connectivity index (χ0n) is 14.9. The maximum atomic E-state index is 12.8. The SMILES string of the molecule is O=C(c1csc(Cc2ccccc2)n1)N1C[C@@H](Cc2ccncc2)[C@H](O)C1. The van der Waals surface area contributed by atoms with E-state index in [0.717, 1.165) is 23.4 Å². The second kappa shape index (κ2) is 7.98. The number of pyridine rings is 1. The van der Waals surface area contributed by atoms with E-state index in [-0.39, 0.29) is 11.8 Å². The minimum absolute atomic E-state index is 0.0405. The predicted octanol–water partition coefficient (Wildman–Crippen LogP) is 2.80. The van der Waals surface area contributed by atoms with Crippen LogP contribution in [0.3, 0.4) is 0 Å². The molecule has 138 valence electrons. The Morgan fingerprint density at radius 2 is 1.89 bits per heavy atom. The molecule has 1 saturated heterocycles. The number of likely N-dealkylation sites (tertiary alicyclic amines) is 1. The number of β-amino-alcohol motifs (C(OH)–C–C–N with tert-alkyl or cyclic N) is 1. The molecule has 2 aromatic heterocycles. The minimum atomic E-state index is -0.510. The minimum Gasteiger partial charge on any atom is -0.391 e. The molecule has 1 fully saturated rings. The van der Waals surface area contributed by atoms with Crippen molar-refractivity contribution in [2.75, 3.05) is 13.1 Å². The zero-order chi connectivity index (χ0) is 18.6. The number of carbonyl (C=O) groups is 1. The van der Waals surface area contributed by atoms with Gasteiger partial charge in [-0.1, -0.05) is 30.3 Å². The average Bonchev–Trinajstić information content (AvgIpc) is 3.30. The molecule has 0 unspecified atom stereocenters. The number of amides is 1. The highest BCUT2D eigenvalue weighted by Gasteiger charge is 2.35. The van der Waals surface area contributed by atoms with Crippen molar-refractivity contribution in [2.24, 2.45) is 5.92 Å². The molecule has 1 amide bonds. The summed E-state index contributed by atoms with van der Waals surface area (Å²) in [6.07, 6.45) is 4.46. The first kappa shape index (κ1) is 17.8. The summed E-state index contributed by atoms with van der Waals surface area (Å²) in [5.41, 5.74) is 2.78. The molecule has 4 rings (SSSR count). The summed E-state index contributed by atoms with van der Waals surface area (Å²) < 4.78 is 0. The van der Waals surface area contributed by atoms with E-state index in [2.05, 4.69) is 22.1 Å². The number of aromatic nitrogens is 2. The lowest BCUT2D eigenvalue weighted by Gasteiger charge is -2.14. The van der Waals surface area contributed by atoms with E-state index in [9.17, 15) is 9.90 Å². The Labute approximate surface area is 162 Å². The van der Waals surface area contributed by atoms with Crippen LogP contribution in [0.15, 0.2) is 60.2 Å². The molecule has 0 spiro atoms. The van der Waals surface area contributed by atoms with E-state index in [0.29, 0.717) is 18.8 Å². The van der Waals surface area contributed by atoms with Gasteiger partial charge in [0.25, 0.3) is 5.91 Å². The van der Waals surface area contributed by atoms with Gasteiger partial charge in [0, 0.05) is 43.2 Å². The molecule has 0 aliphatic carbocycles. The highest BCUT2D eigenvalue weighted by molar-refractivity contribution is 7.09. The number of benzene rings is 1. The normalized spacial score (nSPS) is 19.4. The summed E-state index contributed by atoms with van der Waals surface area (Å²) in [4.78, 5) is 23.1. The third kappa shape index (κ3) is 4.23. The molecule has 1 N–H and O–H groups in total. The van der Waals surface area contributed by atoms with E-state index in [1.807, 2.05) is 35.7 Å². The lowest BCUT2D eigenvalue weighted by molar-refractivity contribution is 0.0759. The van der Waals surface area contributed by atoms with Crippen molar-refractivity contribution in [1.82, 2.24) is 14.9 Å². The van der Waals surface area contributed by atoms with Gasteiger partial charge in [0.15, 0.2) is 0 Å². The van der Waals surface area contributed by atoms with Crippen molar-refractivity contribution in [3.8, 4) is 0 Å². The quantitative estimate of drug-likeness (QED) is 0.740. The number of aliphatic hydroxyl groups is 1. The summed E-state index contributed by atoms with van der Waals surface area (Å²) in [5.74, 6) is -0.0550. The number of thiazole rings is 1. The second-order valence-electron chi connectivity index (χ2n) is 6.89.